The van der Waals surface area contributed by atoms with Crippen LogP contribution in [-0.2, 0) is 32.7 Å². The number of aliphatic hydroxyl groups excluding tert-OH is 2. The summed E-state index contributed by atoms with van der Waals surface area (Å²) in [4.78, 5) is 34.7. The molecule has 0 spiro atoms. The molecule has 3 N–H and O–H groups in total. The minimum absolute atomic E-state index is 0.182. The molecular formula is C52H97O10P. The van der Waals surface area contributed by atoms with Crippen LogP contribution < -0.4 is 0 Å². The number of hydrogen-bond donors (Lipinski definition) is 3. The van der Waals surface area contributed by atoms with Crippen LogP contribution in [0.15, 0.2) is 36.5 Å². The van der Waals surface area contributed by atoms with Crippen molar-refractivity contribution in [2.24, 2.45) is 0 Å². The topological polar surface area (TPSA) is 149 Å². The highest BCUT2D eigenvalue weighted by molar-refractivity contribution is 7.47. The Morgan fingerprint density at radius 3 is 1.08 bits per heavy atom. The first-order valence-corrected chi connectivity index (χ1v) is 27.4. The molecule has 0 bridgehead atoms. The summed E-state index contributed by atoms with van der Waals surface area (Å²) in [5, 5.41) is 19.3. The van der Waals surface area contributed by atoms with E-state index >= 15 is 0 Å². The van der Waals surface area contributed by atoms with Crippen molar-refractivity contribution >= 4 is 19.8 Å². The van der Waals surface area contributed by atoms with Crippen molar-refractivity contribution in [3.05, 3.63) is 36.5 Å². The molecule has 11 heteroatoms. The summed E-state index contributed by atoms with van der Waals surface area (Å²) in [6, 6.07) is 0. The minimum Gasteiger partial charge on any atom is -0.457 e. The van der Waals surface area contributed by atoms with E-state index in [2.05, 4.69) is 50.3 Å². The van der Waals surface area contributed by atoms with Crippen LogP contribution in [0.25, 0.3) is 0 Å². The Balaban J connectivity index is 3.80. The zero-order valence-electron chi connectivity index (χ0n) is 40.5. The third-order valence-corrected chi connectivity index (χ3v) is 12.3. The number of rotatable bonds is 49. The number of ether oxygens (including phenoxy) is 2. The summed E-state index contributed by atoms with van der Waals surface area (Å²) in [7, 11) is -4.64. The van der Waals surface area contributed by atoms with Gasteiger partial charge in [0.15, 0.2) is 0 Å². The van der Waals surface area contributed by atoms with E-state index in [1.807, 2.05) is 0 Å². The molecule has 0 amide bonds. The van der Waals surface area contributed by atoms with Gasteiger partial charge in [-0.15, -0.1) is 0 Å². The van der Waals surface area contributed by atoms with Gasteiger partial charge >= 0.3 is 19.8 Å². The Bertz CT molecular complexity index is 1140. The molecule has 0 aromatic carbocycles. The summed E-state index contributed by atoms with van der Waals surface area (Å²) in [5.41, 5.74) is 0. The predicted octanol–water partition coefficient (Wildman–Crippen LogP) is 14.7. The molecule has 0 aliphatic rings. The van der Waals surface area contributed by atoms with Crippen molar-refractivity contribution < 1.29 is 47.8 Å². The summed E-state index contributed by atoms with van der Waals surface area (Å²) in [5.74, 6) is -1.02. The number of unbranched alkanes of at least 4 members (excludes halogenated alkanes) is 29. The molecule has 0 rings (SSSR count). The number of carbonyl (C=O) groups excluding carboxylic acids is 2. The second kappa shape index (κ2) is 48.1. The molecule has 0 aliphatic carbocycles. The van der Waals surface area contributed by atoms with Gasteiger partial charge in [0.25, 0.3) is 0 Å². The molecule has 0 aromatic rings. The molecule has 0 saturated carbocycles. The maximum absolute atomic E-state index is 12.4. The summed E-state index contributed by atoms with van der Waals surface area (Å²) >= 11 is 0. The summed E-state index contributed by atoms with van der Waals surface area (Å²) < 4.78 is 32.7. The quantitative estimate of drug-likeness (QED) is 0.0233. The molecule has 0 radical (unpaired) electrons. The summed E-state index contributed by atoms with van der Waals surface area (Å²) in [6.45, 7) is 2.13. The van der Waals surface area contributed by atoms with E-state index in [-0.39, 0.29) is 12.8 Å². The van der Waals surface area contributed by atoms with E-state index in [4.69, 9.17) is 18.5 Å². The molecule has 10 nitrogen and oxygen atoms in total. The van der Waals surface area contributed by atoms with Crippen LogP contribution in [0.4, 0.5) is 0 Å². The van der Waals surface area contributed by atoms with E-state index in [0.717, 1.165) is 70.6 Å². The Kier molecular flexibility index (Phi) is 46.7. The molecular weight excluding hydrogens is 816 g/mol. The number of allylic oxidation sites excluding steroid dienone is 6. The van der Waals surface area contributed by atoms with Gasteiger partial charge in [-0.25, -0.2) is 4.57 Å². The van der Waals surface area contributed by atoms with Gasteiger partial charge in [-0.05, 0) is 44.9 Å². The van der Waals surface area contributed by atoms with Gasteiger partial charge in [-0.1, -0.05) is 224 Å². The van der Waals surface area contributed by atoms with Crippen molar-refractivity contribution in [1.29, 1.82) is 0 Å². The van der Waals surface area contributed by atoms with E-state index in [9.17, 15) is 29.3 Å². The van der Waals surface area contributed by atoms with Crippen LogP contribution in [0.1, 0.15) is 245 Å². The van der Waals surface area contributed by atoms with Crippen LogP contribution in [0.3, 0.4) is 0 Å². The largest absolute Gasteiger partial charge is 0.472 e. The number of carbonyl (C=O) groups is 2. The second-order valence-electron chi connectivity index (χ2n) is 17.5. The average molecular weight is 913 g/mol. The lowest BCUT2D eigenvalue weighted by atomic mass is 10.0. The van der Waals surface area contributed by atoms with Crippen LogP contribution in [0, 0.1) is 0 Å². The Labute approximate surface area is 386 Å². The van der Waals surface area contributed by atoms with Gasteiger partial charge in [0, 0.05) is 12.8 Å². The predicted molar refractivity (Wildman–Crippen MR) is 261 cm³/mol. The lowest BCUT2D eigenvalue weighted by Crippen LogP contribution is -2.28. The van der Waals surface area contributed by atoms with Crippen LogP contribution in [-0.4, -0.2) is 65.7 Å². The van der Waals surface area contributed by atoms with Gasteiger partial charge in [0.1, 0.15) is 12.2 Å². The molecule has 63 heavy (non-hydrogen) atoms. The lowest BCUT2D eigenvalue weighted by Gasteiger charge is -2.20. The fourth-order valence-corrected chi connectivity index (χ4v) is 8.21. The molecule has 3 unspecified atom stereocenters. The SMILES string of the molecule is CC/C=C\C/C=C\C/C=C\CCCCCCCCCC(=O)OC(CO)COP(=O)(O)OCC(CO)OC(=O)CCCCCCCCCCCCCCCCCCCCCCCCC. The molecule has 0 aliphatic heterocycles. The van der Waals surface area contributed by atoms with Gasteiger partial charge in [-0.2, -0.15) is 0 Å². The van der Waals surface area contributed by atoms with Crippen molar-refractivity contribution in [2.75, 3.05) is 26.4 Å². The maximum atomic E-state index is 12.4. The molecule has 0 aromatic heterocycles. The number of phosphoric ester groups is 1. The first-order valence-electron chi connectivity index (χ1n) is 25.9. The smallest absolute Gasteiger partial charge is 0.457 e. The highest BCUT2D eigenvalue weighted by Crippen LogP contribution is 2.43. The first kappa shape index (κ1) is 61.2. The van der Waals surface area contributed by atoms with E-state index < -0.39 is 58.4 Å². The normalized spacial score (nSPS) is 13.9. The fraction of sp³-hybridized carbons (Fsp3) is 0.846. The van der Waals surface area contributed by atoms with Gasteiger partial charge in [0.05, 0.1) is 26.4 Å². The highest BCUT2D eigenvalue weighted by Gasteiger charge is 2.27. The van der Waals surface area contributed by atoms with E-state index in [0.29, 0.717) is 12.8 Å². The zero-order valence-corrected chi connectivity index (χ0v) is 41.4. The highest BCUT2D eigenvalue weighted by atomic mass is 31.2. The lowest BCUT2D eigenvalue weighted by molar-refractivity contribution is -0.153. The molecule has 3 atom stereocenters. The fourth-order valence-electron chi connectivity index (χ4n) is 7.43. The maximum Gasteiger partial charge on any atom is 0.472 e. The van der Waals surface area contributed by atoms with Gasteiger partial charge in [0.2, 0.25) is 0 Å². The molecule has 0 fully saturated rings. The molecule has 370 valence electrons. The minimum atomic E-state index is -4.64. The Morgan fingerprint density at radius 1 is 0.444 bits per heavy atom. The molecule has 0 saturated heterocycles. The van der Waals surface area contributed by atoms with Gasteiger partial charge < -0.3 is 24.6 Å². The Hall–Kier alpha value is -1.81. The van der Waals surface area contributed by atoms with Crippen molar-refractivity contribution in [2.45, 2.75) is 257 Å². The number of esters is 2. The first-order chi connectivity index (χ1) is 30.8. The molecule has 0 heterocycles. The number of phosphoric acid groups is 1. The number of hydrogen-bond acceptors (Lipinski definition) is 9. The number of aliphatic hydroxyl groups is 2. The Morgan fingerprint density at radius 2 is 0.746 bits per heavy atom. The van der Waals surface area contributed by atoms with Crippen molar-refractivity contribution in [3.63, 3.8) is 0 Å². The van der Waals surface area contributed by atoms with Crippen molar-refractivity contribution in [1.82, 2.24) is 0 Å². The zero-order chi connectivity index (χ0) is 46.2. The van der Waals surface area contributed by atoms with Crippen LogP contribution >= 0.6 is 7.82 Å². The average Bonchev–Trinajstić information content (AvgIpc) is 3.27. The van der Waals surface area contributed by atoms with Crippen LogP contribution in [0.5, 0.6) is 0 Å². The van der Waals surface area contributed by atoms with Crippen LogP contribution in [0.2, 0.25) is 0 Å². The summed E-state index contributed by atoms with van der Waals surface area (Å²) in [6.07, 6.45) is 52.7. The monoisotopic (exact) mass is 913 g/mol. The van der Waals surface area contributed by atoms with Gasteiger partial charge in [-0.3, -0.25) is 18.6 Å². The second-order valence-corrected chi connectivity index (χ2v) is 18.9. The van der Waals surface area contributed by atoms with E-state index in [1.165, 1.54) is 135 Å². The third kappa shape index (κ3) is 46.5. The van der Waals surface area contributed by atoms with Crippen molar-refractivity contribution in [3.8, 4) is 0 Å². The third-order valence-electron chi connectivity index (χ3n) is 11.4. The standard InChI is InChI=1S/C52H97O10P/c1-3-5-7-9-11-13-15-17-19-21-22-23-24-25-26-28-30-32-34-36-38-40-42-44-52(56)62-50(46-54)48-60-63(57,58)59-47-49(45-53)61-51(55)43-41-39-37-35-33-31-29-27-20-18-16-14-12-10-8-6-4-2/h6,8,12,14,18,20,49-50,53-54H,3-5,7,9-11,13,15-17,19,21-48H2,1-2H3,(H,57,58)/b8-6-,14-12-,20-18-. The van der Waals surface area contributed by atoms with E-state index in [1.54, 1.807) is 0 Å².